The van der Waals surface area contributed by atoms with Crippen molar-refractivity contribution in [2.24, 2.45) is 0 Å². The van der Waals surface area contributed by atoms with Crippen molar-refractivity contribution < 1.29 is 0 Å². The molecule has 0 saturated carbocycles. The van der Waals surface area contributed by atoms with Crippen LogP contribution in [0.1, 0.15) is 5.56 Å². The van der Waals surface area contributed by atoms with Gasteiger partial charge in [-0.15, -0.1) is 23.1 Å². The van der Waals surface area contributed by atoms with E-state index in [0.29, 0.717) is 5.02 Å². The summed E-state index contributed by atoms with van der Waals surface area (Å²) < 4.78 is 1.95. The van der Waals surface area contributed by atoms with Crippen LogP contribution in [0.15, 0.2) is 69.7 Å². The molecular weight excluding hydrogens is 332 g/mol. The Morgan fingerprint density at radius 2 is 1.91 bits per heavy atom. The van der Waals surface area contributed by atoms with Crippen LogP contribution in [0, 0.1) is 0 Å². The van der Waals surface area contributed by atoms with Gasteiger partial charge in [0, 0.05) is 26.9 Å². The van der Waals surface area contributed by atoms with E-state index in [1.54, 1.807) is 41.3 Å². The molecule has 0 amide bonds. The fraction of sp³-hybridized carbons (Fsp3) is 0.0556. The third-order valence-corrected chi connectivity index (χ3v) is 5.58. The van der Waals surface area contributed by atoms with Crippen LogP contribution in [0.4, 0.5) is 0 Å². The second-order valence-corrected chi connectivity index (χ2v) is 7.53. The molecule has 0 spiro atoms. The molecule has 22 heavy (non-hydrogen) atoms. The minimum Gasteiger partial charge on any atom is -0.289 e. The van der Waals surface area contributed by atoms with Gasteiger partial charge in [0.25, 0.3) is 0 Å². The highest BCUT2D eigenvalue weighted by Crippen LogP contribution is 2.29. The molecule has 4 heteroatoms. The van der Waals surface area contributed by atoms with E-state index in [-0.39, 0.29) is 5.43 Å². The lowest BCUT2D eigenvalue weighted by molar-refractivity contribution is 1.58. The summed E-state index contributed by atoms with van der Waals surface area (Å²) in [5, 5.41) is 1.40. The predicted molar refractivity (Wildman–Crippen MR) is 99.3 cm³/mol. The summed E-state index contributed by atoms with van der Waals surface area (Å²) in [6, 6.07) is 17.3. The summed E-state index contributed by atoms with van der Waals surface area (Å²) in [6.45, 7) is 0. The molecule has 0 fully saturated rings. The normalized spacial score (nSPS) is 11.3. The van der Waals surface area contributed by atoms with Gasteiger partial charge >= 0.3 is 0 Å². The first kappa shape index (κ1) is 15.3. The Hall–Kier alpha value is -1.55. The Bertz CT molecular complexity index is 869. The summed E-state index contributed by atoms with van der Waals surface area (Å²) in [5.41, 5.74) is 1.24. The van der Waals surface area contributed by atoms with Crippen LogP contribution in [-0.2, 0) is 0 Å². The van der Waals surface area contributed by atoms with E-state index in [1.807, 2.05) is 24.3 Å². The zero-order chi connectivity index (χ0) is 15.4. The maximum atomic E-state index is 12.1. The zero-order valence-corrected chi connectivity index (χ0v) is 14.0. The second kappa shape index (κ2) is 7.14. The number of hydrogen-bond donors (Lipinski definition) is 0. The van der Waals surface area contributed by atoms with Gasteiger partial charge in [-0.25, -0.2) is 0 Å². The smallest absolute Gasteiger partial charge is 0.189 e. The van der Waals surface area contributed by atoms with E-state index in [4.69, 9.17) is 11.6 Å². The van der Waals surface area contributed by atoms with Gasteiger partial charge in [-0.3, -0.25) is 4.79 Å². The number of hydrogen-bond acceptors (Lipinski definition) is 3. The Morgan fingerprint density at radius 1 is 1.09 bits per heavy atom. The topological polar surface area (TPSA) is 17.1 Å². The number of fused-ring (bicyclic) bond motifs is 1. The van der Waals surface area contributed by atoms with Crippen molar-refractivity contribution >= 4 is 50.9 Å². The fourth-order valence-corrected chi connectivity index (χ4v) is 4.40. The largest absolute Gasteiger partial charge is 0.289 e. The summed E-state index contributed by atoms with van der Waals surface area (Å²) in [4.78, 5) is 12.1. The molecule has 0 bridgehead atoms. The minimum absolute atomic E-state index is 0.0555. The molecule has 0 aliphatic rings. The van der Waals surface area contributed by atoms with Crippen molar-refractivity contribution in [3.8, 4) is 0 Å². The molecule has 0 saturated heterocycles. The fourth-order valence-electron chi connectivity index (χ4n) is 2.06. The highest BCUT2D eigenvalue weighted by atomic mass is 35.5. The van der Waals surface area contributed by atoms with Gasteiger partial charge in [0.2, 0.25) is 0 Å². The van der Waals surface area contributed by atoms with Crippen LogP contribution < -0.4 is 5.43 Å². The maximum absolute atomic E-state index is 12.1. The van der Waals surface area contributed by atoms with Crippen LogP contribution in [0.25, 0.3) is 16.2 Å². The van der Waals surface area contributed by atoms with Crippen LogP contribution in [0.3, 0.4) is 0 Å². The van der Waals surface area contributed by atoms with Gasteiger partial charge in [-0.1, -0.05) is 54.1 Å². The van der Waals surface area contributed by atoms with Gasteiger partial charge < -0.3 is 0 Å². The zero-order valence-electron chi connectivity index (χ0n) is 11.7. The maximum Gasteiger partial charge on any atom is 0.189 e. The number of benzene rings is 2. The van der Waals surface area contributed by atoms with Crippen molar-refractivity contribution in [3.05, 3.63) is 81.5 Å². The highest BCUT2D eigenvalue weighted by Gasteiger charge is 2.03. The molecule has 0 unspecified atom stereocenters. The number of rotatable bonds is 4. The predicted octanol–water partition coefficient (Wildman–Crippen LogP) is 5.72. The molecule has 1 aromatic heterocycles. The van der Waals surface area contributed by atoms with Gasteiger partial charge in [-0.05, 0) is 23.8 Å². The lowest BCUT2D eigenvalue weighted by atomic mass is 10.2. The third-order valence-electron chi connectivity index (χ3n) is 3.10. The average molecular weight is 345 g/mol. The SMILES string of the molecule is O=c1cc(SC/C=C/c2ccccc2)sc2cc(Cl)ccc12. The molecule has 0 aliphatic heterocycles. The first-order valence-electron chi connectivity index (χ1n) is 6.80. The molecule has 2 aromatic carbocycles. The average Bonchev–Trinajstić information content (AvgIpc) is 2.52. The van der Waals surface area contributed by atoms with E-state index in [1.165, 1.54) is 5.56 Å². The lowest BCUT2D eigenvalue weighted by Gasteiger charge is -2.01. The van der Waals surface area contributed by atoms with Gasteiger partial charge in [-0.2, -0.15) is 0 Å². The number of thioether (sulfide) groups is 1. The Balaban J connectivity index is 1.74. The molecule has 1 nitrogen and oxygen atoms in total. The molecular formula is C18H13ClOS2. The number of halogens is 1. The lowest BCUT2D eigenvalue weighted by Crippen LogP contribution is -1.98. The van der Waals surface area contributed by atoms with Gasteiger partial charge in [0.15, 0.2) is 5.43 Å². The van der Waals surface area contributed by atoms with Crippen molar-refractivity contribution in [1.82, 2.24) is 0 Å². The van der Waals surface area contributed by atoms with Crippen molar-refractivity contribution in [1.29, 1.82) is 0 Å². The summed E-state index contributed by atoms with van der Waals surface area (Å²) in [5.74, 6) is 0.830. The Morgan fingerprint density at radius 3 is 2.73 bits per heavy atom. The van der Waals surface area contributed by atoms with Crippen molar-refractivity contribution in [2.75, 3.05) is 5.75 Å². The molecule has 1 heterocycles. The minimum atomic E-state index is 0.0555. The van der Waals surface area contributed by atoms with E-state index in [0.717, 1.165) is 20.0 Å². The van der Waals surface area contributed by atoms with Crippen LogP contribution in [-0.4, -0.2) is 5.75 Å². The second-order valence-electron chi connectivity index (χ2n) is 4.69. The van der Waals surface area contributed by atoms with E-state index >= 15 is 0 Å². The Labute approximate surface area is 142 Å². The van der Waals surface area contributed by atoms with Crippen LogP contribution >= 0.6 is 34.7 Å². The first-order valence-corrected chi connectivity index (χ1v) is 8.98. The molecule has 0 N–H and O–H groups in total. The van der Waals surface area contributed by atoms with Crippen LogP contribution in [0.5, 0.6) is 0 Å². The molecule has 0 radical (unpaired) electrons. The standard InChI is InChI=1S/C18H13ClOS2/c19-14-8-9-15-16(20)12-18(22-17(15)11-14)21-10-4-7-13-5-2-1-3-6-13/h1-9,11-12H,10H2/b7-4+. The van der Waals surface area contributed by atoms with Gasteiger partial charge in [0.05, 0.1) is 4.21 Å². The first-order chi connectivity index (χ1) is 10.7. The van der Waals surface area contributed by atoms with E-state index < -0.39 is 0 Å². The molecule has 3 rings (SSSR count). The molecule has 0 aliphatic carbocycles. The Kier molecular flexibility index (Phi) is 4.98. The van der Waals surface area contributed by atoms with Crippen molar-refractivity contribution in [3.63, 3.8) is 0 Å². The molecule has 3 aromatic rings. The third kappa shape index (κ3) is 3.80. The molecule has 110 valence electrons. The van der Waals surface area contributed by atoms with E-state index in [2.05, 4.69) is 24.3 Å². The quantitative estimate of drug-likeness (QED) is 0.563. The summed E-state index contributed by atoms with van der Waals surface area (Å²) in [6.07, 6.45) is 4.20. The highest BCUT2D eigenvalue weighted by molar-refractivity contribution is 8.01. The monoisotopic (exact) mass is 344 g/mol. The van der Waals surface area contributed by atoms with E-state index in [9.17, 15) is 4.79 Å². The van der Waals surface area contributed by atoms with Gasteiger partial charge in [0.1, 0.15) is 0 Å². The molecule has 0 atom stereocenters. The van der Waals surface area contributed by atoms with Crippen LogP contribution in [0.2, 0.25) is 5.02 Å². The summed E-state index contributed by atoms with van der Waals surface area (Å²) in [7, 11) is 0. The summed E-state index contributed by atoms with van der Waals surface area (Å²) >= 11 is 9.27. The van der Waals surface area contributed by atoms with Crippen molar-refractivity contribution in [2.45, 2.75) is 4.21 Å².